The Hall–Kier alpha value is -1.09. The summed E-state index contributed by atoms with van der Waals surface area (Å²) in [6.07, 6.45) is 8.08. The molecule has 128 valence electrons. The van der Waals surface area contributed by atoms with Crippen LogP contribution in [0.15, 0.2) is 23.9 Å². The molecule has 0 atom stereocenters. The van der Waals surface area contributed by atoms with Crippen molar-refractivity contribution in [2.24, 2.45) is 0 Å². The van der Waals surface area contributed by atoms with Gasteiger partial charge < -0.3 is 9.80 Å². The third kappa shape index (κ3) is 8.38. The molecule has 1 aliphatic rings. The Morgan fingerprint density at radius 2 is 1.77 bits per heavy atom. The van der Waals surface area contributed by atoms with E-state index in [4.69, 9.17) is 0 Å². The fourth-order valence-electron chi connectivity index (χ4n) is 2.77. The van der Waals surface area contributed by atoms with Crippen LogP contribution in [0.25, 0.3) is 0 Å². The second-order valence-electron chi connectivity index (χ2n) is 5.77. The highest BCUT2D eigenvalue weighted by atomic mass is 16.2. The van der Waals surface area contributed by atoms with E-state index in [-0.39, 0.29) is 5.91 Å². The average molecular weight is 309 g/mol. The number of amides is 1. The van der Waals surface area contributed by atoms with E-state index in [2.05, 4.69) is 24.5 Å². The Kier molecular flexibility index (Phi) is 11.8. The van der Waals surface area contributed by atoms with E-state index < -0.39 is 0 Å². The largest absolute Gasteiger partial charge is 0.315 e. The van der Waals surface area contributed by atoms with Gasteiger partial charge in [0.15, 0.2) is 0 Å². The summed E-state index contributed by atoms with van der Waals surface area (Å²) >= 11 is 0. The summed E-state index contributed by atoms with van der Waals surface area (Å²) in [5.74, 6) is 0.125. The zero-order valence-electron chi connectivity index (χ0n) is 15.5. The highest BCUT2D eigenvalue weighted by Crippen LogP contribution is 2.13. The molecule has 0 spiro atoms. The molecule has 1 aliphatic heterocycles. The highest BCUT2D eigenvalue weighted by Gasteiger charge is 2.15. The minimum absolute atomic E-state index is 0.125. The van der Waals surface area contributed by atoms with E-state index in [1.165, 1.54) is 32.4 Å². The molecule has 3 nitrogen and oxygen atoms in total. The number of carbonyl (C=O) groups is 1. The monoisotopic (exact) mass is 308 g/mol. The van der Waals surface area contributed by atoms with Crippen molar-refractivity contribution in [3.05, 3.63) is 23.9 Å². The second-order valence-corrected chi connectivity index (χ2v) is 5.77. The van der Waals surface area contributed by atoms with Crippen LogP contribution in [0, 0.1) is 0 Å². The number of hydrogen-bond acceptors (Lipinski definition) is 2. The van der Waals surface area contributed by atoms with Gasteiger partial charge in [0.1, 0.15) is 0 Å². The predicted molar refractivity (Wildman–Crippen MR) is 96.8 cm³/mol. The van der Waals surface area contributed by atoms with Crippen LogP contribution < -0.4 is 0 Å². The summed E-state index contributed by atoms with van der Waals surface area (Å²) in [5.41, 5.74) is 2.13. The predicted octanol–water partition coefficient (Wildman–Crippen LogP) is 4.61. The van der Waals surface area contributed by atoms with Crippen LogP contribution in [0.3, 0.4) is 0 Å². The van der Waals surface area contributed by atoms with Gasteiger partial charge in [-0.05, 0) is 45.4 Å². The average Bonchev–Trinajstić information content (AvgIpc) is 2.50. The van der Waals surface area contributed by atoms with Gasteiger partial charge in [0, 0.05) is 25.7 Å². The van der Waals surface area contributed by atoms with Gasteiger partial charge in [-0.2, -0.15) is 0 Å². The number of nitrogens with zero attached hydrogens (tertiary/aromatic N) is 2. The van der Waals surface area contributed by atoms with Crippen LogP contribution in [0.2, 0.25) is 0 Å². The maximum atomic E-state index is 11.8. The minimum Gasteiger partial charge on any atom is -0.315 e. The normalized spacial score (nSPS) is 15.8. The van der Waals surface area contributed by atoms with Crippen LogP contribution in [-0.4, -0.2) is 41.9 Å². The number of allylic oxidation sites excluding steroid dienone is 3. The summed E-state index contributed by atoms with van der Waals surface area (Å²) in [6, 6.07) is 0. The molecule has 1 amide bonds. The van der Waals surface area contributed by atoms with E-state index in [1.54, 1.807) is 6.92 Å². The van der Waals surface area contributed by atoms with E-state index >= 15 is 0 Å². The molecule has 0 radical (unpaired) electrons. The van der Waals surface area contributed by atoms with Crippen molar-refractivity contribution in [3.8, 4) is 0 Å². The molecule has 1 saturated heterocycles. The lowest BCUT2D eigenvalue weighted by Crippen LogP contribution is -2.39. The topological polar surface area (TPSA) is 23.6 Å². The van der Waals surface area contributed by atoms with Crippen LogP contribution >= 0.6 is 0 Å². The first-order valence-corrected chi connectivity index (χ1v) is 8.91. The molecule has 0 aromatic heterocycles. The Morgan fingerprint density at radius 1 is 1.18 bits per heavy atom. The highest BCUT2D eigenvalue weighted by molar-refractivity contribution is 5.75. The Morgan fingerprint density at radius 3 is 2.27 bits per heavy atom. The summed E-state index contributed by atoms with van der Waals surface area (Å²) in [5, 5.41) is 0. The Bertz CT molecular complexity index is 354. The van der Waals surface area contributed by atoms with Crippen LogP contribution in [0.5, 0.6) is 0 Å². The van der Waals surface area contributed by atoms with Gasteiger partial charge in [0.05, 0.1) is 0 Å². The van der Waals surface area contributed by atoms with Gasteiger partial charge in [-0.15, -0.1) is 0 Å². The quantitative estimate of drug-likeness (QED) is 0.641. The number of hydrogen-bond donors (Lipinski definition) is 0. The molecule has 1 fully saturated rings. The molecular weight excluding hydrogens is 272 g/mol. The maximum Gasteiger partial charge on any atom is 0.223 e. The van der Waals surface area contributed by atoms with Crippen LogP contribution in [-0.2, 0) is 4.79 Å². The van der Waals surface area contributed by atoms with Gasteiger partial charge >= 0.3 is 0 Å². The fourth-order valence-corrected chi connectivity index (χ4v) is 2.77. The van der Waals surface area contributed by atoms with Crippen molar-refractivity contribution in [3.63, 3.8) is 0 Å². The van der Waals surface area contributed by atoms with Crippen LogP contribution in [0.4, 0.5) is 0 Å². The lowest BCUT2D eigenvalue weighted by Gasteiger charge is -2.30. The maximum absolute atomic E-state index is 11.8. The number of piperidine rings is 1. The second kappa shape index (κ2) is 12.5. The molecule has 1 heterocycles. The van der Waals surface area contributed by atoms with Crippen molar-refractivity contribution in [2.45, 2.75) is 66.7 Å². The molecule has 0 N–H and O–H groups in total. The SMILES string of the molecule is C=C(/C=C(\C)N(CCN1CCCCC1)C(C)=O)CCC.CC. The lowest BCUT2D eigenvalue weighted by atomic mass is 10.1. The molecule has 3 heteroatoms. The van der Waals surface area contributed by atoms with Gasteiger partial charge in [0.25, 0.3) is 0 Å². The van der Waals surface area contributed by atoms with Gasteiger partial charge in [-0.25, -0.2) is 0 Å². The smallest absolute Gasteiger partial charge is 0.223 e. The Labute approximate surface area is 138 Å². The van der Waals surface area contributed by atoms with E-state index in [9.17, 15) is 4.79 Å². The van der Waals surface area contributed by atoms with E-state index in [0.717, 1.165) is 37.2 Å². The van der Waals surface area contributed by atoms with Crippen LogP contribution in [0.1, 0.15) is 66.7 Å². The summed E-state index contributed by atoms with van der Waals surface area (Å²) < 4.78 is 0. The molecule has 0 aromatic rings. The molecule has 22 heavy (non-hydrogen) atoms. The van der Waals surface area contributed by atoms with Gasteiger partial charge in [-0.3, -0.25) is 4.79 Å². The summed E-state index contributed by atoms with van der Waals surface area (Å²) in [4.78, 5) is 16.2. The fraction of sp³-hybridized carbons (Fsp3) is 0.737. The summed E-state index contributed by atoms with van der Waals surface area (Å²) in [7, 11) is 0. The van der Waals surface area contributed by atoms with Gasteiger partial charge in [-0.1, -0.05) is 45.8 Å². The zero-order chi connectivity index (χ0) is 17.0. The lowest BCUT2D eigenvalue weighted by molar-refractivity contribution is -0.127. The molecule has 0 unspecified atom stereocenters. The third-order valence-corrected chi connectivity index (χ3v) is 3.88. The first-order valence-electron chi connectivity index (χ1n) is 8.91. The first kappa shape index (κ1) is 20.9. The number of likely N-dealkylation sites (tertiary alicyclic amines) is 1. The molecule has 1 rings (SSSR count). The Balaban J connectivity index is 0.00000211. The molecule has 0 saturated carbocycles. The van der Waals surface area contributed by atoms with E-state index in [0.29, 0.717) is 0 Å². The van der Waals surface area contributed by atoms with Crippen molar-refractivity contribution in [1.82, 2.24) is 9.80 Å². The molecule has 0 aromatic carbocycles. The van der Waals surface area contributed by atoms with Gasteiger partial charge in [0.2, 0.25) is 5.91 Å². The van der Waals surface area contributed by atoms with Crippen molar-refractivity contribution in [1.29, 1.82) is 0 Å². The standard InChI is InChI=1S/C17H30N2O.C2H6/c1-5-9-15(2)14-16(3)19(17(4)20)13-12-18-10-7-6-8-11-18;1-2/h14H,2,5-13H2,1,3-4H3;1-2H3/b16-14+;. The van der Waals surface area contributed by atoms with Crippen molar-refractivity contribution < 1.29 is 4.79 Å². The van der Waals surface area contributed by atoms with Crippen molar-refractivity contribution in [2.75, 3.05) is 26.2 Å². The first-order chi connectivity index (χ1) is 10.5. The van der Waals surface area contributed by atoms with Crippen molar-refractivity contribution >= 4 is 5.91 Å². The molecular formula is C19H36N2O. The zero-order valence-corrected chi connectivity index (χ0v) is 15.5. The third-order valence-electron chi connectivity index (χ3n) is 3.88. The summed E-state index contributed by atoms with van der Waals surface area (Å²) in [6.45, 7) is 18.0. The number of rotatable bonds is 7. The minimum atomic E-state index is 0.125. The van der Waals surface area contributed by atoms with E-state index in [1.807, 2.05) is 25.7 Å². The molecule has 0 aliphatic carbocycles. The number of carbonyl (C=O) groups excluding carboxylic acids is 1. The molecule has 0 bridgehead atoms.